The van der Waals surface area contributed by atoms with Crippen molar-refractivity contribution in [3.8, 4) is 5.69 Å². The number of hydrogen-bond donors (Lipinski definition) is 1. The topological polar surface area (TPSA) is 124 Å². The Labute approximate surface area is 166 Å². The maximum Gasteiger partial charge on any atom is 0.433 e. The number of hydrogen-bond acceptors (Lipinski definition) is 7. The molecule has 0 aliphatic carbocycles. The van der Waals surface area contributed by atoms with Crippen LogP contribution in [0.15, 0.2) is 30.6 Å². The second-order valence-corrected chi connectivity index (χ2v) is 6.17. The Hall–Kier alpha value is -3.48. The number of anilines is 1. The number of pyridine rings is 1. The zero-order valence-corrected chi connectivity index (χ0v) is 15.4. The predicted molar refractivity (Wildman–Crippen MR) is 91.6 cm³/mol. The molecule has 0 aromatic carbocycles. The smallest absolute Gasteiger partial charge is 0.433 e. The lowest BCUT2D eigenvalue weighted by molar-refractivity contribution is -0.177. The van der Waals surface area contributed by atoms with Crippen molar-refractivity contribution in [2.45, 2.75) is 25.3 Å². The number of carbonyl (C=O) groups excluding carboxylic acids is 2. The molecule has 1 fully saturated rings. The molecular formula is C17H15F3N4O6. The lowest BCUT2D eigenvalue weighted by Crippen LogP contribution is -2.55. The number of ether oxygens (including phenoxy) is 2. The van der Waals surface area contributed by atoms with E-state index in [1.165, 1.54) is 18.3 Å². The molecular weight excluding hydrogens is 413 g/mol. The Balaban J connectivity index is 1.85. The molecule has 3 rings (SSSR count). The first-order chi connectivity index (χ1) is 14.1. The molecule has 30 heavy (non-hydrogen) atoms. The average Bonchev–Trinajstić information content (AvgIpc) is 3.15. The third-order valence-electron chi connectivity index (χ3n) is 4.08. The third-order valence-corrected chi connectivity index (χ3v) is 4.08. The number of carboxylic acids is 1. The summed E-state index contributed by atoms with van der Waals surface area (Å²) in [6.07, 6.45) is -5.77. The molecule has 2 aromatic rings. The van der Waals surface area contributed by atoms with E-state index in [1.54, 1.807) is 0 Å². The maximum absolute atomic E-state index is 12.9. The van der Waals surface area contributed by atoms with E-state index < -0.39 is 41.9 Å². The van der Waals surface area contributed by atoms with Gasteiger partial charge in [0.15, 0.2) is 11.9 Å². The van der Waals surface area contributed by atoms with Gasteiger partial charge in [0.05, 0.1) is 18.8 Å². The van der Waals surface area contributed by atoms with Gasteiger partial charge in [-0.1, -0.05) is 0 Å². The molecule has 13 heteroatoms. The summed E-state index contributed by atoms with van der Waals surface area (Å²) in [5, 5.41) is 13.3. The lowest BCUT2D eigenvalue weighted by Gasteiger charge is -2.33. The molecule has 0 saturated carbocycles. The van der Waals surface area contributed by atoms with E-state index in [9.17, 15) is 32.7 Å². The Morgan fingerprint density at radius 3 is 2.73 bits per heavy atom. The fourth-order valence-electron chi connectivity index (χ4n) is 2.79. The van der Waals surface area contributed by atoms with E-state index >= 15 is 0 Å². The largest absolute Gasteiger partial charge is 0.478 e. The van der Waals surface area contributed by atoms with Crippen molar-refractivity contribution < 1.29 is 42.1 Å². The highest BCUT2D eigenvalue weighted by molar-refractivity contribution is 5.99. The summed E-state index contributed by atoms with van der Waals surface area (Å²) in [6.45, 7) is 0.942. The molecule has 0 bridgehead atoms. The molecule has 10 nitrogen and oxygen atoms in total. The van der Waals surface area contributed by atoms with E-state index in [2.05, 4.69) is 14.8 Å². The van der Waals surface area contributed by atoms with Gasteiger partial charge in [-0.2, -0.15) is 13.2 Å². The molecule has 1 N–H and O–H groups in total. The van der Waals surface area contributed by atoms with Crippen molar-refractivity contribution in [2.75, 3.05) is 18.1 Å². The molecule has 2 aromatic heterocycles. The highest BCUT2D eigenvalue weighted by atomic mass is 19.4. The van der Waals surface area contributed by atoms with Gasteiger partial charge in [-0.25, -0.2) is 9.48 Å². The molecule has 160 valence electrons. The van der Waals surface area contributed by atoms with Gasteiger partial charge < -0.3 is 14.6 Å². The second-order valence-electron chi connectivity index (χ2n) is 6.17. The summed E-state index contributed by atoms with van der Waals surface area (Å²) >= 11 is 0. The van der Waals surface area contributed by atoms with Crippen molar-refractivity contribution >= 4 is 23.7 Å². The van der Waals surface area contributed by atoms with Crippen LogP contribution in [0.3, 0.4) is 0 Å². The van der Waals surface area contributed by atoms with Gasteiger partial charge in [-0.15, -0.1) is 5.10 Å². The molecule has 1 saturated heterocycles. The van der Waals surface area contributed by atoms with Crippen molar-refractivity contribution in [1.29, 1.82) is 0 Å². The summed E-state index contributed by atoms with van der Waals surface area (Å²) < 4.78 is 49.6. The number of morpholine rings is 1. The number of carboxylic acid groups (broad SMARTS) is 1. The Morgan fingerprint density at radius 2 is 2.10 bits per heavy atom. The molecule has 0 unspecified atom stereocenters. The van der Waals surface area contributed by atoms with E-state index in [-0.39, 0.29) is 24.7 Å². The first-order valence-corrected chi connectivity index (χ1v) is 8.50. The zero-order valence-electron chi connectivity index (χ0n) is 15.4. The van der Waals surface area contributed by atoms with Gasteiger partial charge in [0.1, 0.15) is 5.69 Å². The highest BCUT2D eigenvalue weighted by Gasteiger charge is 2.43. The van der Waals surface area contributed by atoms with Crippen LogP contribution in [0.4, 0.5) is 19.0 Å². The van der Waals surface area contributed by atoms with Crippen LogP contribution in [-0.4, -0.2) is 63.1 Å². The summed E-state index contributed by atoms with van der Waals surface area (Å²) in [4.78, 5) is 39.6. The van der Waals surface area contributed by atoms with Gasteiger partial charge in [0.2, 0.25) is 6.10 Å². The van der Waals surface area contributed by atoms with Crippen molar-refractivity contribution in [3.63, 3.8) is 0 Å². The van der Waals surface area contributed by atoms with Crippen molar-refractivity contribution in [1.82, 2.24) is 14.8 Å². The molecule has 0 spiro atoms. The second kappa shape index (κ2) is 8.10. The first kappa shape index (κ1) is 21.2. The predicted octanol–water partition coefficient (Wildman–Crippen LogP) is 1.03. The number of nitrogens with zero attached hydrogens (tertiary/aromatic N) is 4. The molecule has 1 aliphatic heterocycles. The Morgan fingerprint density at radius 1 is 1.37 bits per heavy atom. The van der Waals surface area contributed by atoms with Gasteiger partial charge in [0, 0.05) is 25.4 Å². The van der Waals surface area contributed by atoms with Gasteiger partial charge >= 0.3 is 18.1 Å². The zero-order chi connectivity index (χ0) is 22.1. The number of carbonyl (C=O) groups is 3. The number of esters is 1. The Bertz CT molecular complexity index is 976. The standard InChI is InChI=1S/C17H15F3N4O6/c1-9(25)30-14(16(27)28)13-15(26)23(6-7-29-13)12-3-5-24(22-12)10-2-4-21-11(8-10)17(18,19)20/h2-5,8,13-14H,6-7H2,1H3,(H,27,28)/t13-,14-/m1/s1. The normalized spacial score (nSPS) is 18.2. The number of aliphatic carboxylic acids is 1. The quantitative estimate of drug-likeness (QED) is 0.701. The summed E-state index contributed by atoms with van der Waals surface area (Å²) in [7, 11) is 0. The molecule has 1 aliphatic rings. The number of amides is 1. The van der Waals surface area contributed by atoms with E-state index in [0.717, 1.165) is 28.8 Å². The van der Waals surface area contributed by atoms with E-state index in [0.29, 0.717) is 0 Å². The minimum Gasteiger partial charge on any atom is -0.478 e. The van der Waals surface area contributed by atoms with Crippen LogP contribution in [0.2, 0.25) is 0 Å². The number of alkyl halides is 3. The van der Waals surface area contributed by atoms with E-state index in [4.69, 9.17) is 4.74 Å². The molecule has 2 atom stereocenters. The van der Waals surface area contributed by atoms with Crippen LogP contribution in [0, 0.1) is 0 Å². The van der Waals surface area contributed by atoms with Crippen molar-refractivity contribution in [2.24, 2.45) is 0 Å². The minimum atomic E-state index is -4.64. The van der Waals surface area contributed by atoms with Crippen LogP contribution >= 0.6 is 0 Å². The third kappa shape index (κ3) is 4.40. The van der Waals surface area contributed by atoms with Crippen LogP contribution < -0.4 is 4.90 Å². The summed E-state index contributed by atoms with van der Waals surface area (Å²) in [5.74, 6) is -3.22. The average molecular weight is 428 g/mol. The monoisotopic (exact) mass is 428 g/mol. The molecule has 1 amide bonds. The van der Waals surface area contributed by atoms with Crippen LogP contribution in [-0.2, 0) is 30.0 Å². The fraction of sp³-hybridized carbons (Fsp3) is 0.353. The summed E-state index contributed by atoms with van der Waals surface area (Å²) in [6, 6.07) is 3.47. The van der Waals surface area contributed by atoms with Crippen LogP contribution in [0.5, 0.6) is 0 Å². The maximum atomic E-state index is 12.9. The van der Waals surface area contributed by atoms with Gasteiger partial charge in [-0.3, -0.25) is 19.5 Å². The van der Waals surface area contributed by atoms with Gasteiger partial charge in [0.25, 0.3) is 5.91 Å². The fourth-order valence-corrected chi connectivity index (χ4v) is 2.79. The number of halogens is 3. The SMILES string of the molecule is CC(=O)O[C@@H](C(=O)O)[C@H]1OCCN(c2ccn(-c3ccnc(C(F)(F)F)c3)n2)C1=O. The highest BCUT2D eigenvalue weighted by Crippen LogP contribution is 2.29. The van der Waals surface area contributed by atoms with Gasteiger partial charge in [-0.05, 0) is 12.1 Å². The molecule has 3 heterocycles. The van der Waals surface area contributed by atoms with Crippen LogP contribution in [0.1, 0.15) is 12.6 Å². The minimum absolute atomic E-state index is 0.0168. The molecule has 0 radical (unpaired) electrons. The number of aromatic nitrogens is 3. The van der Waals surface area contributed by atoms with Crippen LogP contribution in [0.25, 0.3) is 5.69 Å². The van der Waals surface area contributed by atoms with Crippen molar-refractivity contribution in [3.05, 3.63) is 36.3 Å². The van der Waals surface area contributed by atoms with E-state index in [1.807, 2.05) is 0 Å². The summed E-state index contributed by atoms with van der Waals surface area (Å²) in [5.41, 5.74) is -1.05. The lowest BCUT2D eigenvalue weighted by atomic mass is 10.1. The number of rotatable bonds is 5. The first-order valence-electron chi connectivity index (χ1n) is 8.50. The Kier molecular flexibility index (Phi) is 5.73.